The minimum Gasteiger partial charge on any atom is -0.389 e. The Morgan fingerprint density at radius 2 is 1.59 bits per heavy atom. The van der Waals surface area contributed by atoms with E-state index in [1.54, 1.807) is 6.92 Å². The van der Waals surface area contributed by atoms with Gasteiger partial charge in [0.05, 0.1) is 18.2 Å². The molecule has 0 aromatic heterocycles. The number of rotatable bonds is 3. The zero-order chi connectivity index (χ0) is 16.6. The van der Waals surface area contributed by atoms with Crippen molar-refractivity contribution in [1.82, 2.24) is 0 Å². The van der Waals surface area contributed by atoms with Gasteiger partial charge in [0.15, 0.2) is 6.29 Å². The maximum Gasteiger partial charge on any atom is 0.176 e. The fourth-order valence-electron chi connectivity index (χ4n) is 3.04. The fraction of sp³-hybridized carbons (Fsp3) is 1.00. The van der Waals surface area contributed by atoms with E-state index in [0.29, 0.717) is 6.42 Å². The zero-order valence-electron chi connectivity index (χ0n) is 12.5. The lowest BCUT2D eigenvalue weighted by molar-refractivity contribution is -0.290. The molecule has 1 heterocycles. The number of aliphatic hydroxyl groups is 4. The van der Waals surface area contributed by atoms with Crippen molar-refractivity contribution < 1.29 is 29.9 Å². The smallest absolute Gasteiger partial charge is 0.176 e. The van der Waals surface area contributed by atoms with Crippen LogP contribution in [0.3, 0.4) is 0 Å². The maximum atomic E-state index is 10.1. The summed E-state index contributed by atoms with van der Waals surface area (Å²) < 4.78 is 11.2. The minimum absolute atomic E-state index is 0.271. The Bertz CT molecular complexity index is 374. The van der Waals surface area contributed by atoms with Crippen molar-refractivity contribution >= 4 is 0 Å². The molecule has 1 saturated heterocycles. The second-order valence-corrected chi connectivity index (χ2v) is 6.16. The molecular weight excluding hydrogens is 294 g/mol. The van der Waals surface area contributed by atoms with Crippen molar-refractivity contribution in [3.63, 3.8) is 0 Å². The summed E-state index contributed by atoms with van der Waals surface area (Å²) in [5.74, 6) is 0. The quantitative estimate of drug-likeness (QED) is 0.276. The van der Waals surface area contributed by atoms with Crippen molar-refractivity contribution in [3.8, 4) is 0 Å². The number of hydrogen-bond donors (Lipinski definition) is 7. The van der Waals surface area contributed by atoms with Gasteiger partial charge in [-0.3, -0.25) is 0 Å². The highest BCUT2D eigenvalue weighted by atomic mass is 16.7. The van der Waals surface area contributed by atoms with Gasteiger partial charge in [0.25, 0.3) is 0 Å². The Morgan fingerprint density at radius 3 is 2.18 bits per heavy atom. The van der Waals surface area contributed by atoms with Gasteiger partial charge in [0.1, 0.15) is 24.4 Å². The average molecular weight is 321 g/mol. The number of aliphatic hydroxyl groups excluding tert-OH is 4. The molecule has 0 amide bonds. The van der Waals surface area contributed by atoms with E-state index < -0.39 is 61.0 Å². The molecule has 2 aliphatic rings. The lowest BCUT2D eigenvalue weighted by atomic mass is 9.84. The average Bonchev–Trinajstić information content (AvgIpc) is 2.49. The molecule has 10 unspecified atom stereocenters. The second-order valence-electron chi connectivity index (χ2n) is 6.16. The van der Waals surface area contributed by atoms with E-state index in [1.165, 1.54) is 0 Å². The highest BCUT2D eigenvalue weighted by molar-refractivity contribution is 4.99. The van der Waals surface area contributed by atoms with Crippen LogP contribution in [0.4, 0.5) is 0 Å². The molecule has 2 fully saturated rings. The van der Waals surface area contributed by atoms with E-state index in [2.05, 4.69) is 0 Å². The number of hydrogen-bond acceptors (Lipinski definition) is 9. The predicted molar refractivity (Wildman–Crippen MR) is 76.4 cm³/mol. The summed E-state index contributed by atoms with van der Waals surface area (Å²) >= 11 is 0. The van der Waals surface area contributed by atoms with E-state index in [0.717, 1.165) is 0 Å². The molecule has 0 bridgehead atoms. The van der Waals surface area contributed by atoms with Crippen LogP contribution in [-0.2, 0) is 9.47 Å². The molecule has 0 radical (unpaired) electrons. The summed E-state index contributed by atoms with van der Waals surface area (Å²) in [6.45, 7) is 1.79. The van der Waals surface area contributed by atoms with E-state index in [4.69, 9.17) is 26.7 Å². The molecule has 130 valence electrons. The summed E-state index contributed by atoms with van der Waals surface area (Å²) in [6.07, 6.45) is -6.65. The van der Waals surface area contributed by atoms with Gasteiger partial charge in [-0.1, -0.05) is 6.92 Å². The highest BCUT2D eigenvalue weighted by Gasteiger charge is 2.47. The molecule has 1 aliphatic heterocycles. The van der Waals surface area contributed by atoms with Gasteiger partial charge >= 0.3 is 0 Å². The van der Waals surface area contributed by atoms with E-state index >= 15 is 0 Å². The van der Waals surface area contributed by atoms with Crippen LogP contribution in [0.15, 0.2) is 0 Å². The van der Waals surface area contributed by atoms with Crippen LogP contribution in [0.2, 0.25) is 0 Å². The van der Waals surface area contributed by atoms with Gasteiger partial charge in [-0.15, -0.1) is 0 Å². The lowest BCUT2D eigenvalue weighted by Crippen LogP contribution is -2.66. The molecule has 10 atom stereocenters. The Hall–Kier alpha value is -0.360. The lowest BCUT2D eigenvalue weighted by Gasteiger charge is -2.45. The van der Waals surface area contributed by atoms with Crippen LogP contribution in [0.25, 0.3) is 0 Å². The molecule has 22 heavy (non-hydrogen) atoms. The van der Waals surface area contributed by atoms with Crippen LogP contribution >= 0.6 is 0 Å². The SMILES string of the molecule is CCC1OC(OC2C(N)CC(N)C(O)C2O)C(N)C(O)C1O. The van der Waals surface area contributed by atoms with Gasteiger partial charge in [0, 0.05) is 12.1 Å². The second kappa shape index (κ2) is 7.04. The standard InChI is InChI=1S/C13H27N3O6/c1-2-6-9(18)10(19)7(16)13(21-6)22-12-5(15)3-4(14)8(17)11(12)20/h4-13,17-20H,2-3,14-16H2,1H3. The molecule has 0 aromatic rings. The summed E-state index contributed by atoms with van der Waals surface area (Å²) in [4.78, 5) is 0. The number of ether oxygens (including phenoxy) is 2. The van der Waals surface area contributed by atoms with Crippen molar-refractivity contribution in [2.75, 3.05) is 0 Å². The molecule has 0 aromatic carbocycles. The van der Waals surface area contributed by atoms with Crippen molar-refractivity contribution in [2.45, 2.75) is 80.8 Å². The van der Waals surface area contributed by atoms with Gasteiger partial charge in [-0.05, 0) is 12.8 Å². The van der Waals surface area contributed by atoms with E-state index in [-0.39, 0.29) is 6.42 Å². The molecule has 9 nitrogen and oxygen atoms in total. The first kappa shape index (κ1) is 18.0. The molecule has 2 rings (SSSR count). The maximum absolute atomic E-state index is 10.1. The van der Waals surface area contributed by atoms with Crippen molar-refractivity contribution in [2.24, 2.45) is 17.2 Å². The Balaban J connectivity index is 2.08. The van der Waals surface area contributed by atoms with Crippen LogP contribution < -0.4 is 17.2 Å². The largest absolute Gasteiger partial charge is 0.389 e. The van der Waals surface area contributed by atoms with Gasteiger partial charge in [-0.25, -0.2) is 0 Å². The van der Waals surface area contributed by atoms with Crippen molar-refractivity contribution in [1.29, 1.82) is 0 Å². The topological polar surface area (TPSA) is 177 Å². The molecule has 1 aliphatic carbocycles. The minimum atomic E-state index is -1.28. The van der Waals surface area contributed by atoms with Crippen LogP contribution in [0, 0.1) is 0 Å². The van der Waals surface area contributed by atoms with E-state index in [1.807, 2.05) is 0 Å². The first-order valence-corrected chi connectivity index (χ1v) is 7.57. The molecule has 0 spiro atoms. The monoisotopic (exact) mass is 321 g/mol. The van der Waals surface area contributed by atoms with Crippen molar-refractivity contribution in [3.05, 3.63) is 0 Å². The third-order valence-corrected chi connectivity index (χ3v) is 4.53. The summed E-state index contributed by atoms with van der Waals surface area (Å²) in [5, 5.41) is 39.8. The third kappa shape index (κ3) is 3.28. The molecule has 1 saturated carbocycles. The summed E-state index contributed by atoms with van der Waals surface area (Å²) in [7, 11) is 0. The molecule has 9 heteroatoms. The van der Waals surface area contributed by atoms with Gasteiger partial charge in [-0.2, -0.15) is 0 Å². The zero-order valence-corrected chi connectivity index (χ0v) is 12.5. The van der Waals surface area contributed by atoms with Crippen LogP contribution in [0.1, 0.15) is 19.8 Å². The molecule has 10 N–H and O–H groups in total. The number of nitrogens with two attached hydrogens (primary N) is 3. The Kier molecular flexibility index (Phi) is 5.75. The Morgan fingerprint density at radius 1 is 0.955 bits per heavy atom. The third-order valence-electron chi connectivity index (χ3n) is 4.53. The van der Waals surface area contributed by atoms with E-state index in [9.17, 15) is 20.4 Å². The summed E-state index contributed by atoms with van der Waals surface area (Å²) in [6, 6.07) is -2.24. The normalized spacial score (nSPS) is 53.5. The first-order valence-electron chi connectivity index (χ1n) is 7.57. The van der Waals surface area contributed by atoms with Crippen LogP contribution in [0.5, 0.6) is 0 Å². The molecular formula is C13H27N3O6. The first-order chi connectivity index (χ1) is 10.3. The van der Waals surface area contributed by atoms with Gasteiger partial charge in [0.2, 0.25) is 0 Å². The highest BCUT2D eigenvalue weighted by Crippen LogP contribution is 2.27. The fourth-order valence-corrected chi connectivity index (χ4v) is 3.04. The van der Waals surface area contributed by atoms with Gasteiger partial charge < -0.3 is 47.1 Å². The Labute approximate surface area is 129 Å². The van der Waals surface area contributed by atoms with Crippen LogP contribution in [-0.4, -0.2) is 81.5 Å². The summed E-state index contributed by atoms with van der Waals surface area (Å²) in [5.41, 5.74) is 17.5. The predicted octanol–water partition coefficient (Wildman–Crippen LogP) is -3.66.